The lowest BCUT2D eigenvalue weighted by atomic mass is 9.68. The largest absolute Gasteiger partial charge is 0.496 e. The minimum Gasteiger partial charge on any atom is -0.496 e. The van der Waals surface area contributed by atoms with Gasteiger partial charge in [0, 0.05) is 5.56 Å². The van der Waals surface area contributed by atoms with Gasteiger partial charge in [0.15, 0.2) is 0 Å². The number of rotatable bonds is 3. The SMILES string of the molecule is COc1cc2c(cc1C1(C(=O)O)CCCCC1)COC2. The van der Waals surface area contributed by atoms with Crippen LogP contribution in [0.5, 0.6) is 5.75 Å². The second-order valence-corrected chi connectivity index (χ2v) is 5.76. The van der Waals surface area contributed by atoms with E-state index in [0.29, 0.717) is 31.8 Å². The summed E-state index contributed by atoms with van der Waals surface area (Å²) in [5.41, 5.74) is 2.26. The maximum absolute atomic E-state index is 12.0. The molecule has 0 atom stereocenters. The number of hydrogen-bond donors (Lipinski definition) is 1. The lowest BCUT2D eigenvalue weighted by Crippen LogP contribution is -2.38. The summed E-state index contributed by atoms with van der Waals surface area (Å²) in [6, 6.07) is 3.96. The van der Waals surface area contributed by atoms with Crippen molar-refractivity contribution in [3.8, 4) is 5.75 Å². The molecule has 1 N–H and O–H groups in total. The molecular weight excluding hydrogens is 256 g/mol. The summed E-state index contributed by atoms with van der Waals surface area (Å²) in [6.45, 7) is 1.16. The standard InChI is InChI=1S/C16H20O4/c1-19-14-8-12-10-20-9-11(12)7-13(14)16(15(17)18)5-3-2-4-6-16/h7-8H,2-6,9-10H2,1H3,(H,17,18). The molecule has 0 aromatic heterocycles. The van der Waals surface area contributed by atoms with Crippen LogP contribution in [0.1, 0.15) is 48.8 Å². The van der Waals surface area contributed by atoms with Gasteiger partial charge in [0.2, 0.25) is 0 Å². The molecule has 0 saturated heterocycles. The first-order valence-corrected chi connectivity index (χ1v) is 7.19. The van der Waals surface area contributed by atoms with Gasteiger partial charge in [-0.15, -0.1) is 0 Å². The van der Waals surface area contributed by atoms with Crippen molar-refractivity contribution in [2.75, 3.05) is 7.11 Å². The predicted molar refractivity (Wildman–Crippen MR) is 73.9 cm³/mol. The van der Waals surface area contributed by atoms with Gasteiger partial charge in [-0.3, -0.25) is 4.79 Å². The summed E-state index contributed by atoms with van der Waals surface area (Å²) < 4.78 is 10.9. The normalized spacial score (nSPS) is 20.4. The molecule has 1 aliphatic heterocycles. The van der Waals surface area contributed by atoms with Crippen LogP contribution in [-0.4, -0.2) is 18.2 Å². The number of methoxy groups -OCH3 is 1. The highest BCUT2D eigenvalue weighted by atomic mass is 16.5. The molecule has 108 valence electrons. The zero-order valence-corrected chi connectivity index (χ0v) is 11.8. The van der Waals surface area contributed by atoms with Gasteiger partial charge in [-0.25, -0.2) is 0 Å². The Bertz CT molecular complexity index is 530. The number of carbonyl (C=O) groups is 1. The number of aliphatic carboxylic acids is 1. The highest BCUT2D eigenvalue weighted by molar-refractivity contribution is 5.83. The minimum atomic E-state index is -0.790. The zero-order chi connectivity index (χ0) is 14.2. The van der Waals surface area contributed by atoms with Crippen LogP contribution in [0.2, 0.25) is 0 Å². The Morgan fingerprint density at radius 1 is 1.20 bits per heavy atom. The summed E-state index contributed by atoms with van der Waals surface area (Å²) in [4.78, 5) is 12.0. The Balaban J connectivity index is 2.13. The van der Waals surface area contributed by atoms with Gasteiger partial charge in [0.05, 0.1) is 25.7 Å². The van der Waals surface area contributed by atoms with Crippen LogP contribution in [0.25, 0.3) is 0 Å². The zero-order valence-electron chi connectivity index (χ0n) is 11.8. The average Bonchev–Trinajstić information content (AvgIpc) is 2.93. The van der Waals surface area contributed by atoms with Crippen LogP contribution in [0.4, 0.5) is 0 Å². The molecule has 2 aliphatic rings. The Morgan fingerprint density at radius 2 is 1.85 bits per heavy atom. The van der Waals surface area contributed by atoms with Crippen molar-refractivity contribution in [1.29, 1.82) is 0 Å². The van der Waals surface area contributed by atoms with E-state index in [0.717, 1.165) is 36.0 Å². The molecule has 0 unspecified atom stereocenters. The van der Waals surface area contributed by atoms with E-state index < -0.39 is 11.4 Å². The fourth-order valence-electron chi connectivity index (χ4n) is 3.50. The van der Waals surface area contributed by atoms with Gasteiger partial charge < -0.3 is 14.6 Å². The van der Waals surface area contributed by atoms with Crippen LogP contribution in [0.3, 0.4) is 0 Å². The number of fused-ring (bicyclic) bond motifs is 1. The van der Waals surface area contributed by atoms with Crippen molar-refractivity contribution < 1.29 is 19.4 Å². The molecule has 4 nitrogen and oxygen atoms in total. The topological polar surface area (TPSA) is 55.8 Å². The molecule has 1 aromatic rings. The third kappa shape index (κ3) is 1.99. The second-order valence-electron chi connectivity index (χ2n) is 5.76. The van der Waals surface area contributed by atoms with Gasteiger partial charge in [-0.2, -0.15) is 0 Å². The molecule has 1 saturated carbocycles. The summed E-state index contributed by atoms with van der Waals surface area (Å²) in [5.74, 6) is -0.0343. The van der Waals surface area contributed by atoms with Crippen molar-refractivity contribution >= 4 is 5.97 Å². The average molecular weight is 276 g/mol. The van der Waals surface area contributed by atoms with E-state index in [-0.39, 0.29) is 0 Å². The fourth-order valence-corrected chi connectivity index (χ4v) is 3.50. The molecule has 0 amide bonds. The highest BCUT2D eigenvalue weighted by Gasteiger charge is 2.43. The summed E-state index contributed by atoms with van der Waals surface area (Å²) in [6.07, 6.45) is 4.42. The Kier molecular flexibility index (Phi) is 3.42. The maximum Gasteiger partial charge on any atom is 0.314 e. The first kappa shape index (κ1) is 13.4. The maximum atomic E-state index is 12.0. The Labute approximate surface area is 118 Å². The highest BCUT2D eigenvalue weighted by Crippen LogP contribution is 2.45. The Hall–Kier alpha value is -1.55. The van der Waals surface area contributed by atoms with E-state index in [2.05, 4.69) is 0 Å². The molecule has 20 heavy (non-hydrogen) atoms. The quantitative estimate of drug-likeness (QED) is 0.922. The smallest absolute Gasteiger partial charge is 0.314 e. The van der Waals surface area contributed by atoms with E-state index in [9.17, 15) is 9.90 Å². The van der Waals surface area contributed by atoms with E-state index in [1.165, 1.54) is 0 Å². The number of carboxylic acids is 1. The molecule has 3 rings (SSSR count). The van der Waals surface area contributed by atoms with Crippen LogP contribution in [0.15, 0.2) is 12.1 Å². The lowest BCUT2D eigenvalue weighted by Gasteiger charge is -2.35. The van der Waals surface area contributed by atoms with Crippen molar-refractivity contribution in [3.63, 3.8) is 0 Å². The summed E-state index contributed by atoms with van der Waals surface area (Å²) in [7, 11) is 1.61. The molecule has 1 heterocycles. The fraction of sp³-hybridized carbons (Fsp3) is 0.562. The van der Waals surface area contributed by atoms with Gasteiger partial charge in [-0.1, -0.05) is 19.3 Å². The third-order valence-electron chi connectivity index (χ3n) is 4.67. The second kappa shape index (κ2) is 5.09. The van der Waals surface area contributed by atoms with Crippen LogP contribution in [0, 0.1) is 0 Å². The van der Waals surface area contributed by atoms with Crippen molar-refractivity contribution in [3.05, 3.63) is 28.8 Å². The van der Waals surface area contributed by atoms with Gasteiger partial charge >= 0.3 is 5.97 Å². The minimum absolute atomic E-state index is 0.571. The first-order chi connectivity index (χ1) is 9.67. The van der Waals surface area contributed by atoms with E-state index in [1.807, 2.05) is 12.1 Å². The van der Waals surface area contributed by atoms with E-state index in [4.69, 9.17) is 9.47 Å². The number of ether oxygens (including phenoxy) is 2. The van der Waals surface area contributed by atoms with E-state index in [1.54, 1.807) is 7.11 Å². The predicted octanol–water partition coefficient (Wildman–Crippen LogP) is 3.01. The van der Waals surface area contributed by atoms with Crippen LogP contribution < -0.4 is 4.74 Å². The van der Waals surface area contributed by atoms with Crippen LogP contribution >= 0.6 is 0 Å². The third-order valence-corrected chi connectivity index (χ3v) is 4.67. The van der Waals surface area contributed by atoms with Gasteiger partial charge in [0.1, 0.15) is 5.75 Å². The molecule has 1 aliphatic carbocycles. The lowest BCUT2D eigenvalue weighted by molar-refractivity contribution is -0.145. The summed E-state index contributed by atoms with van der Waals surface area (Å²) in [5, 5.41) is 9.82. The molecule has 0 bridgehead atoms. The molecule has 4 heteroatoms. The number of carboxylic acid groups (broad SMARTS) is 1. The van der Waals surface area contributed by atoms with E-state index >= 15 is 0 Å². The molecule has 1 fully saturated rings. The molecule has 0 radical (unpaired) electrons. The first-order valence-electron chi connectivity index (χ1n) is 7.19. The number of hydrogen-bond acceptors (Lipinski definition) is 3. The molecule has 0 spiro atoms. The number of benzene rings is 1. The van der Waals surface area contributed by atoms with Crippen molar-refractivity contribution in [2.24, 2.45) is 0 Å². The summed E-state index contributed by atoms with van der Waals surface area (Å²) >= 11 is 0. The molecular formula is C16H20O4. The molecule has 1 aromatic carbocycles. The van der Waals surface area contributed by atoms with Gasteiger partial charge in [0.25, 0.3) is 0 Å². The van der Waals surface area contributed by atoms with Crippen molar-refractivity contribution in [2.45, 2.75) is 50.7 Å². The van der Waals surface area contributed by atoms with Crippen molar-refractivity contribution in [1.82, 2.24) is 0 Å². The Morgan fingerprint density at radius 3 is 2.45 bits per heavy atom. The van der Waals surface area contributed by atoms with Gasteiger partial charge in [-0.05, 0) is 36.1 Å². The van der Waals surface area contributed by atoms with Crippen LogP contribution in [-0.2, 0) is 28.2 Å². The monoisotopic (exact) mass is 276 g/mol.